The number of carbonyl (C=O) groups excluding carboxylic acids is 2. The molecule has 2 atom stereocenters. The van der Waals surface area contributed by atoms with E-state index < -0.39 is 0 Å². The van der Waals surface area contributed by atoms with E-state index in [0.29, 0.717) is 25.2 Å². The van der Waals surface area contributed by atoms with Crippen LogP contribution in [0.1, 0.15) is 28.9 Å². The lowest BCUT2D eigenvalue weighted by atomic mass is 9.88. The van der Waals surface area contributed by atoms with Gasteiger partial charge >= 0.3 is 0 Å². The van der Waals surface area contributed by atoms with Gasteiger partial charge in [-0.1, -0.05) is 30.4 Å². The third kappa shape index (κ3) is 4.64. The Bertz CT molecular complexity index is 1230. The number of ether oxygens (including phenoxy) is 2. The second-order valence-electron chi connectivity index (χ2n) is 8.92. The Morgan fingerprint density at radius 1 is 1.15 bits per heavy atom. The number of allylic oxidation sites excluding steroid dienone is 2. The van der Waals surface area contributed by atoms with Crippen molar-refractivity contribution < 1.29 is 19.1 Å². The number of hydrogen-bond donors (Lipinski definition) is 2. The van der Waals surface area contributed by atoms with Crippen LogP contribution in [0.25, 0.3) is 10.9 Å². The SMILES string of the molecule is COc1ccc2[nH]c(C(=O)N3CC[C@H]4NC(=O)COc5ccccc5C/C=C/C[C@H]4C3)cc2c1. The number of amides is 2. The van der Waals surface area contributed by atoms with Crippen molar-refractivity contribution in [1.82, 2.24) is 15.2 Å². The molecule has 2 N–H and O–H groups in total. The van der Waals surface area contributed by atoms with Gasteiger partial charge in [0.15, 0.2) is 6.61 Å². The molecule has 176 valence electrons. The minimum atomic E-state index is -0.126. The van der Waals surface area contributed by atoms with E-state index in [1.165, 1.54) is 0 Å². The Balaban J connectivity index is 1.32. The Labute approximate surface area is 198 Å². The van der Waals surface area contributed by atoms with Gasteiger partial charge in [0, 0.05) is 36.0 Å². The van der Waals surface area contributed by atoms with Crippen molar-refractivity contribution in [2.45, 2.75) is 25.3 Å². The fourth-order valence-corrected chi connectivity index (χ4v) is 4.86. The van der Waals surface area contributed by atoms with Crippen LogP contribution >= 0.6 is 0 Å². The molecule has 0 spiro atoms. The summed E-state index contributed by atoms with van der Waals surface area (Å²) in [4.78, 5) is 31.0. The fourth-order valence-electron chi connectivity index (χ4n) is 4.86. The van der Waals surface area contributed by atoms with Gasteiger partial charge in [0.1, 0.15) is 17.2 Å². The summed E-state index contributed by atoms with van der Waals surface area (Å²) in [5.74, 6) is 1.49. The first-order chi connectivity index (χ1) is 16.6. The number of piperidine rings is 1. The normalized spacial score (nSPS) is 21.8. The van der Waals surface area contributed by atoms with Crippen LogP contribution in [0.5, 0.6) is 11.5 Å². The van der Waals surface area contributed by atoms with Gasteiger partial charge < -0.3 is 24.7 Å². The molecule has 0 saturated carbocycles. The molecule has 7 heteroatoms. The van der Waals surface area contributed by atoms with E-state index in [1.54, 1.807) is 7.11 Å². The van der Waals surface area contributed by atoms with E-state index in [4.69, 9.17) is 9.47 Å². The predicted octanol–water partition coefficient (Wildman–Crippen LogP) is 3.70. The predicted molar refractivity (Wildman–Crippen MR) is 130 cm³/mol. The van der Waals surface area contributed by atoms with E-state index in [-0.39, 0.29) is 30.4 Å². The van der Waals surface area contributed by atoms with Gasteiger partial charge in [-0.05, 0) is 55.2 Å². The third-order valence-electron chi connectivity index (χ3n) is 6.70. The monoisotopic (exact) mass is 459 g/mol. The Morgan fingerprint density at radius 2 is 2.03 bits per heavy atom. The standard InChI is InChI=1S/C27H29N3O4/c1-33-21-10-11-22-20(14-21)15-24(28-22)27(32)30-13-12-23-19(16-30)8-3-2-6-18-7-4-5-9-25(18)34-17-26(31)29-23/h2-5,7,9-11,14-15,19,23,28H,6,8,12-13,16-17H2,1H3,(H,29,31)/b3-2+/t19-,23+/m0/s1. The van der Waals surface area contributed by atoms with E-state index in [2.05, 4.69) is 22.5 Å². The molecule has 2 aromatic carbocycles. The van der Waals surface area contributed by atoms with Crippen molar-refractivity contribution >= 4 is 22.7 Å². The summed E-state index contributed by atoms with van der Waals surface area (Å²) in [7, 11) is 1.63. The number of aromatic amines is 1. The van der Waals surface area contributed by atoms with Gasteiger partial charge in [-0.15, -0.1) is 0 Å². The number of nitrogens with one attached hydrogen (secondary N) is 2. The van der Waals surface area contributed by atoms with Crippen LogP contribution in [0.3, 0.4) is 0 Å². The van der Waals surface area contributed by atoms with E-state index in [1.807, 2.05) is 53.4 Å². The van der Waals surface area contributed by atoms with Gasteiger partial charge in [-0.2, -0.15) is 0 Å². The Morgan fingerprint density at radius 3 is 2.91 bits per heavy atom. The van der Waals surface area contributed by atoms with Crippen LogP contribution in [0, 0.1) is 5.92 Å². The quantitative estimate of drug-likeness (QED) is 0.573. The zero-order valence-electron chi connectivity index (χ0n) is 19.3. The Hall–Kier alpha value is -3.74. The number of nitrogens with zero attached hydrogens (tertiary/aromatic N) is 1. The number of rotatable bonds is 2. The van der Waals surface area contributed by atoms with Gasteiger partial charge in [0.25, 0.3) is 11.8 Å². The van der Waals surface area contributed by atoms with Crippen molar-refractivity contribution in [2.24, 2.45) is 5.92 Å². The van der Waals surface area contributed by atoms with E-state index >= 15 is 0 Å². The van der Waals surface area contributed by atoms with Gasteiger partial charge in [0.2, 0.25) is 0 Å². The lowest BCUT2D eigenvalue weighted by molar-refractivity contribution is -0.124. The molecule has 7 nitrogen and oxygen atoms in total. The first kappa shape index (κ1) is 22.1. The molecule has 3 heterocycles. The highest BCUT2D eigenvalue weighted by Gasteiger charge is 2.33. The highest BCUT2D eigenvalue weighted by Crippen LogP contribution is 2.26. The van der Waals surface area contributed by atoms with E-state index in [0.717, 1.165) is 40.8 Å². The zero-order valence-corrected chi connectivity index (χ0v) is 19.3. The van der Waals surface area contributed by atoms with Gasteiger partial charge in [0.05, 0.1) is 7.11 Å². The molecule has 3 aromatic rings. The summed E-state index contributed by atoms with van der Waals surface area (Å²) in [6.07, 6.45) is 6.55. The van der Waals surface area contributed by atoms with Gasteiger partial charge in [-0.25, -0.2) is 0 Å². The molecule has 1 aromatic heterocycles. The van der Waals surface area contributed by atoms with Crippen LogP contribution in [0.4, 0.5) is 0 Å². The number of para-hydroxylation sites is 1. The second-order valence-corrected chi connectivity index (χ2v) is 8.92. The summed E-state index contributed by atoms with van der Waals surface area (Å²) in [6, 6.07) is 15.4. The molecule has 0 unspecified atom stereocenters. The summed E-state index contributed by atoms with van der Waals surface area (Å²) in [5.41, 5.74) is 2.53. The number of likely N-dealkylation sites (tertiary alicyclic amines) is 1. The molecule has 0 radical (unpaired) electrons. The second kappa shape index (κ2) is 9.63. The zero-order chi connectivity index (χ0) is 23.5. The topological polar surface area (TPSA) is 83.7 Å². The lowest BCUT2D eigenvalue weighted by Gasteiger charge is -2.38. The smallest absolute Gasteiger partial charge is 0.270 e. The number of carbonyl (C=O) groups is 2. The molecular weight excluding hydrogens is 430 g/mol. The molecule has 0 aliphatic carbocycles. The molecule has 1 saturated heterocycles. The minimum Gasteiger partial charge on any atom is -0.497 e. The maximum atomic E-state index is 13.3. The number of methoxy groups -OCH3 is 1. The van der Waals surface area contributed by atoms with Crippen molar-refractivity contribution in [2.75, 3.05) is 26.8 Å². The summed E-state index contributed by atoms with van der Waals surface area (Å²) in [6.45, 7) is 1.17. The van der Waals surface area contributed by atoms with Crippen molar-refractivity contribution in [3.05, 3.63) is 71.9 Å². The van der Waals surface area contributed by atoms with Crippen LogP contribution < -0.4 is 14.8 Å². The average molecular weight is 460 g/mol. The summed E-state index contributed by atoms with van der Waals surface area (Å²) < 4.78 is 11.1. The molecule has 2 aliphatic heterocycles. The molecule has 5 rings (SSSR count). The molecule has 34 heavy (non-hydrogen) atoms. The van der Waals surface area contributed by atoms with Crippen LogP contribution in [0.2, 0.25) is 0 Å². The summed E-state index contributed by atoms with van der Waals surface area (Å²) >= 11 is 0. The first-order valence-corrected chi connectivity index (χ1v) is 11.7. The Kier molecular flexibility index (Phi) is 6.25. The third-order valence-corrected chi connectivity index (χ3v) is 6.70. The largest absolute Gasteiger partial charge is 0.497 e. The highest BCUT2D eigenvalue weighted by atomic mass is 16.5. The number of benzene rings is 2. The average Bonchev–Trinajstić information content (AvgIpc) is 3.29. The number of aromatic nitrogens is 1. The van der Waals surface area contributed by atoms with Crippen molar-refractivity contribution in [1.29, 1.82) is 0 Å². The lowest BCUT2D eigenvalue weighted by Crippen LogP contribution is -2.53. The molecule has 1 fully saturated rings. The van der Waals surface area contributed by atoms with Crippen molar-refractivity contribution in [3.63, 3.8) is 0 Å². The van der Waals surface area contributed by atoms with E-state index in [9.17, 15) is 9.59 Å². The highest BCUT2D eigenvalue weighted by molar-refractivity contribution is 5.98. The molecule has 2 amide bonds. The van der Waals surface area contributed by atoms with Gasteiger partial charge in [-0.3, -0.25) is 9.59 Å². The molecule has 2 aliphatic rings. The van der Waals surface area contributed by atoms with Crippen LogP contribution in [-0.4, -0.2) is 54.5 Å². The minimum absolute atomic E-state index is 0.00597. The number of fused-ring (bicyclic) bond motifs is 3. The molecule has 0 bridgehead atoms. The number of hydrogen-bond acceptors (Lipinski definition) is 4. The van der Waals surface area contributed by atoms with Crippen molar-refractivity contribution in [3.8, 4) is 11.5 Å². The summed E-state index contributed by atoms with van der Waals surface area (Å²) in [5, 5.41) is 4.09. The first-order valence-electron chi connectivity index (χ1n) is 11.7. The van der Waals surface area contributed by atoms with Crippen LogP contribution in [-0.2, 0) is 11.2 Å². The fraction of sp³-hybridized carbons (Fsp3) is 0.333. The van der Waals surface area contributed by atoms with Crippen LogP contribution in [0.15, 0.2) is 60.7 Å². The number of H-pyrrole nitrogens is 1. The maximum absolute atomic E-state index is 13.3. The maximum Gasteiger partial charge on any atom is 0.270 e. The molecular formula is C27H29N3O4.